The van der Waals surface area contributed by atoms with Crippen molar-refractivity contribution >= 4 is 27.6 Å². The summed E-state index contributed by atoms with van der Waals surface area (Å²) in [6, 6.07) is 14.8. The van der Waals surface area contributed by atoms with Crippen LogP contribution in [0, 0.1) is 13.5 Å². The third-order valence-corrected chi connectivity index (χ3v) is 6.47. The Morgan fingerprint density at radius 1 is 1.03 bits per heavy atom. The van der Waals surface area contributed by atoms with E-state index in [2.05, 4.69) is 66.0 Å². The van der Waals surface area contributed by atoms with Crippen LogP contribution in [0.4, 0.5) is 5.69 Å². The molecule has 2 aromatic heterocycles. The standard InChI is InChI=1S/C26H25N2O/c1-17-15-24-21(16-20(17)22-11-7-8-14-28(22)3)25-23(29-24)13-12-19(26(25)27-2)18-9-5-4-6-10-18/h7-8,11-16,18H,4-6,9-10H2,1,3H3/q+1. The molecule has 3 nitrogen and oxygen atoms in total. The van der Waals surface area contributed by atoms with Gasteiger partial charge in [0.1, 0.15) is 18.2 Å². The van der Waals surface area contributed by atoms with Crippen LogP contribution in [0.15, 0.2) is 53.1 Å². The minimum atomic E-state index is 0.499. The fraction of sp³-hybridized carbons (Fsp3) is 0.308. The Hall–Kier alpha value is -3.12. The highest BCUT2D eigenvalue weighted by molar-refractivity contribution is 6.13. The van der Waals surface area contributed by atoms with E-state index >= 15 is 0 Å². The minimum absolute atomic E-state index is 0.499. The van der Waals surface area contributed by atoms with Crippen molar-refractivity contribution in [3.63, 3.8) is 0 Å². The number of benzene rings is 2. The Morgan fingerprint density at radius 3 is 2.62 bits per heavy atom. The van der Waals surface area contributed by atoms with Crippen LogP contribution >= 0.6 is 0 Å². The van der Waals surface area contributed by atoms with Gasteiger partial charge in [-0.15, -0.1) is 0 Å². The third kappa shape index (κ3) is 2.91. The van der Waals surface area contributed by atoms with Crippen molar-refractivity contribution in [2.45, 2.75) is 44.9 Å². The molecule has 0 bridgehead atoms. The van der Waals surface area contributed by atoms with Gasteiger partial charge in [-0.1, -0.05) is 25.3 Å². The number of fused-ring (bicyclic) bond motifs is 3. The van der Waals surface area contributed by atoms with E-state index in [1.807, 2.05) is 6.07 Å². The summed E-state index contributed by atoms with van der Waals surface area (Å²) in [6.07, 6.45) is 8.29. The highest BCUT2D eigenvalue weighted by Gasteiger charge is 2.23. The fourth-order valence-corrected chi connectivity index (χ4v) is 4.96. The molecule has 4 aromatic rings. The molecule has 0 unspecified atom stereocenters. The zero-order valence-corrected chi connectivity index (χ0v) is 17.0. The summed E-state index contributed by atoms with van der Waals surface area (Å²) in [4.78, 5) is 4.02. The van der Waals surface area contributed by atoms with Crippen LogP contribution < -0.4 is 4.57 Å². The van der Waals surface area contributed by atoms with E-state index in [-0.39, 0.29) is 0 Å². The minimum Gasteiger partial charge on any atom is -0.457 e. The number of pyridine rings is 1. The van der Waals surface area contributed by atoms with E-state index in [1.165, 1.54) is 48.8 Å². The Labute approximate surface area is 171 Å². The summed E-state index contributed by atoms with van der Waals surface area (Å²) in [5.74, 6) is 0.499. The lowest BCUT2D eigenvalue weighted by Crippen LogP contribution is -2.30. The second-order valence-corrected chi connectivity index (χ2v) is 8.29. The van der Waals surface area contributed by atoms with Gasteiger partial charge in [0, 0.05) is 28.5 Å². The van der Waals surface area contributed by atoms with Crippen LogP contribution in [0.2, 0.25) is 0 Å². The van der Waals surface area contributed by atoms with Gasteiger partial charge in [0.05, 0.1) is 6.57 Å². The van der Waals surface area contributed by atoms with E-state index in [1.54, 1.807) is 0 Å². The van der Waals surface area contributed by atoms with Gasteiger partial charge in [-0.25, -0.2) is 9.41 Å². The van der Waals surface area contributed by atoms with Crippen molar-refractivity contribution in [2.75, 3.05) is 0 Å². The van der Waals surface area contributed by atoms with Crippen LogP contribution in [0.5, 0.6) is 0 Å². The van der Waals surface area contributed by atoms with Crippen LogP contribution in [0.25, 0.3) is 38.0 Å². The van der Waals surface area contributed by atoms with E-state index in [0.717, 1.165) is 33.3 Å². The lowest BCUT2D eigenvalue weighted by molar-refractivity contribution is -0.660. The number of rotatable bonds is 2. The third-order valence-electron chi connectivity index (χ3n) is 6.47. The first-order chi connectivity index (χ1) is 14.2. The van der Waals surface area contributed by atoms with Gasteiger partial charge in [0.25, 0.3) is 0 Å². The predicted octanol–water partition coefficient (Wildman–Crippen LogP) is 6.98. The molecule has 0 N–H and O–H groups in total. The lowest BCUT2D eigenvalue weighted by Gasteiger charge is -2.23. The van der Waals surface area contributed by atoms with Crippen molar-refractivity contribution in [1.29, 1.82) is 0 Å². The van der Waals surface area contributed by atoms with E-state index < -0.39 is 0 Å². The van der Waals surface area contributed by atoms with E-state index in [4.69, 9.17) is 11.0 Å². The summed E-state index contributed by atoms with van der Waals surface area (Å²) >= 11 is 0. The Bertz CT molecular complexity index is 1270. The lowest BCUT2D eigenvalue weighted by atomic mass is 9.82. The van der Waals surface area contributed by atoms with Crippen LogP contribution in [-0.2, 0) is 7.05 Å². The summed E-state index contributed by atoms with van der Waals surface area (Å²) < 4.78 is 8.33. The Kier molecular flexibility index (Phi) is 4.36. The number of hydrogen-bond acceptors (Lipinski definition) is 1. The molecular weight excluding hydrogens is 356 g/mol. The molecule has 2 heterocycles. The molecule has 0 spiro atoms. The van der Waals surface area contributed by atoms with Gasteiger partial charge in [-0.05, 0) is 61.1 Å². The number of aromatic nitrogens is 1. The molecule has 29 heavy (non-hydrogen) atoms. The zero-order chi connectivity index (χ0) is 20.0. The average molecular weight is 381 g/mol. The summed E-state index contributed by atoms with van der Waals surface area (Å²) in [5, 5.41) is 2.03. The van der Waals surface area contributed by atoms with Crippen LogP contribution in [0.3, 0.4) is 0 Å². The van der Waals surface area contributed by atoms with Gasteiger partial charge in [-0.2, -0.15) is 0 Å². The number of aryl methyl sites for hydroxylation is 2. The van der Waals surface area contributed by atoms with E-state index in [9.17, 15) is 0 Å². The SMILES string of the molecule is [C-]#[N+]c1c(C2CCCCC2)ccc2oc3cc(C)c(-c4cccc[n+]4C)cc3c12. The van der Waals surface area contributed by atoms with Gasteiger partial charge in [-0.3, -0.25) is 0 Å². The molecule has 1 aliphatic rings. The first-order valence-electron chi connectivity index (χ1n) is 10.5. The molecule has 0 atom stereocenters. The van der Waals surface area contributed by atoms with Crippen molar-refractivity contribution in [3.8, 4) is 11.3 Å². The van der Waals surface area contributed by atoms with Crippen molar-refractivity contribution in [1.82, 2.24) is 0 Å². The molecule has 0 saturated heterocycles. The molecule has 0 radical (unpaired) electrons. The Morgan fingerprint density at radius 2 is 1.86 bits per heavy atom. The van der Waals surface area contributed by atoms with Gasteiger partial charge < -0.3 is 4.42 Å². The normalized spacial score (nSPS) is 15.1. The highest BCUT2D eigenvalue weighted by Crippen LogP contribution is 2.45. The summed E-state index contributed by atoms with van der Waals surface area (Å²) in [5.41, 5.74) is 7.21. The molecule has 0 amide bonds. The molecule has 1 aliphatic carbocycles. The molecule has 144 valence electrons. The van der Waals surface area contributed by atoms with Crippen molar-refractivity contribution < 1.29 is 8.98 Å². The van der Waals surface area contributed by atoms with Gasteiger partial charge in [0.2, 0.25) is 11.4 Å². The smallest absolute Gasteiger partial charge is 0.212 e. The van der Waals surface area contributed by atoms with Crippen LogP contribution in [0.1, 0.15) is 49.1 Å². The average Bonchev–Trinajstić information content (AvgIpc) is 3.11. The Balaban J connectivity index is 1.79. The van der Waals surface area contributed by atoms with Gasteiger partial charge >= 0.3 is 0 Å². The molecule has 5 rings (SSSR count). The summed E-state index contributed by atoms with van der Waals surface area (Å²) in [7, 11) is 2.07. The molecule has 3 heteroatoms. The van der Waals surface area contributed by atoms with Crippen molar-refractivity contribution in [3.05, 3.63) is 71.2 Å². The number of hydrogen-bond donors (Lipinski definition) is 0. The maximum atomic E-state index is 7.97. The molecular formula is C26H25N2O+. The molecule has 0 aliphatic heterocycles. The topological polar surface area (TPSA) is 21.4 Å². The first kappa shape index (κ1) is 17.9. The van der Waals surface area contributed by atoms with Crippen LogP contribution in [-0.4, -0.2) is 0 Å². The largest absolute Gasteiger partial charge is 0.457 e. The second-order valence-electron chi connectivity index (χ2n) is 8.29. The maximum absolute atomic E-state index is 7.97. The summed E-state index contributed by atoms with van der Waals surface area (Å²) in [6.45, 7) is 10.1. The maximum Gasteiger partial charge on any atom is 0.212 e. The monoisotopic (exact) mass is 381 g/mol. The number of nitrogens with zero attached hydrogens (tertiary/aromatic N) is 2. The molecule has 2 aromatic carbocycles. The quantitative estimate of drug-likeness (QED) is 0.271. The predicted molar refractivity (Wildman–Crippen MR) is 117 cm³/mol. The molecule has 1 saturated carbocycles. The molecule has 1 fully saturated rings. The first-order valence-corrected chi connectivity index (χ1v) is 10.5. The van der Waals surface area contributed by atoms with Gasteiger partial charge in [0.15, 0.2) is 6.20 Å². The second kappa shape index (κ2) is 7.04. The van der Waals surface area contributed by atoms with E-state index in [0.29, 0.717) is 5.92 Å². The zero-order valence-electron chi connectivity index (χ0n) is 17.0. The fourth-order valence-electron chi connectivity index (χ4n) is 4.96. The van der Waals surface area contributed by atoms with Crippen molar-refractivity contribution in [2.24, 2.45) is 7.05 Å². The highest BCUT2D eigenvalue weighted by atomic mass is 16.3. The number of furan rings is 1.